The molecule has 1 aromatic carbocycles. The summed E-state index contributed by atoms with van der Waals surface area (Å²) in [6.45, 7) is 0. The Morgan fingerprint density at radius 3 is 2.00 bits per heavy atom. The predicted octanol–water partition coefficient (Wildman–Crippen LogP) is 3.67. The summed E-state index contributed by atoms with van der Waals surface area (Å²) in [4.78, 5) is 0. The van der Waals surface area contributed by atoms with Gasteiger partial charge in [0.05, 0.1) is 0 Å². The van der Waals surface area contributed by atoms with Crippen LogP contribution in [0.2, 0.25) is 0 Å². The van der Waals surface area contributed by atoms with Gasteiger partial charge >= 0.3 is 0 Å². The van der Waals surface area contributed by atoms with Crippen molar-refractivity contribution in [2.24, 2.45) is 0 Å². The van der Waals surface area contributed by atoms with Crippen molar-refractivity contribution in [2.75, 3.05) is 0 Å². The minimum Gasteiger partial charge on any atom is -0.503 e. The highest BCUT2D eigenvalue weighted by molar-refractivity contribution is 5.45. The second kappa shape index (κ2) is 4.97. The number of hydrogen-bond acceptors (Lipinski definition) is 2. The Morgan fingerprint density at radius 2 is 1.45 bits per heavy atom. The minimum absolute atomic E-state index is 0.358. The molecule has 2 nitrogen and oxygen atoms in total. The molecule has 1 aromatic rings. The van der Waals surface area contributed by atoms with E-state index < -0.39 is 63.8 Å². The van der Waals surface area contributed by atoms with Gasteiger partial charge in [0.2, 0.25) is 5.83 Å². The van der Waals surface area contributed by atoms with Crippen LogP contribution in [-0.2, 0) is 5.60 Å². The van der Waals surface area contributed by atoms with E-state index in [0.717, 1.165) is 0 Å². The van der Waals surface area contributed by atoms with Gasteiger partial charge in [0.25, 0.3) is 0 Å². The zero-order valence-corrected chi connectivity index (χ0v) is 10.1. The first-order valence-corrected chi connectivity index (χ1v) is 5.39. The molecule has 2 rings (SSSR count). The molecule has 1 aliphatic rings. The van der Waals surface area contributed by atoms with Crippen molar-refractivity contribution < 1.29 is 45.3 Å². The Labute approximate surface area is 116 Å². The maximum absolute atomic E-state index is 13.7. The first kappa shape index (κ1) is 16.3. The number of aliphatic hydroxyl groups excluding tert-OH is 1. The molecule has 0 fully saturated rings. The van der Waals surface area contributed by atoms with Crippen LogP contribution in [0.5, 0.6) is 0 Å². The van der Waals surface area contributed by atoms with E-state index in [9.17, 15) is 40.2 Å². The van der Waals surface area contributed by atoms with Gasteiger partial charge in [-0.25, -0.2) is 30.7 Å². The van der Waals surface area contributed by atoms with Crippen molar-refractivity contribution in [3.8, 4) is 0 Å². The van der Waals surface area contributed by atoms with Gasteiger partial charge in [0.1, 0.15) is 0 Å². The Bertz CT molecular complexity index is 726. The standard InChI is InChI=1S/C12H4F8O2/c13-3-1-2(4(14)6(16)5(3)15)12(22)10(19)7(17)9(21)8(18)11(12)20/h1,10,21-22H. The van der Waals surface area contributed by atoms with Crippen molar-refractivity contribution >= 4 is 0 Å². The van der Waals surface area contributed by atoms with E-state index in [-0.39, 0.29) is 6.07 Å². The maximum Gasteiger partial charge on any atom is 0.202 e. The summed E-state index contributed by atoms with van der Waals surface area (Å²) >= 11 is 0. The zero-order valence-electron chi connectivity index (χ0n) is 10.1. The third-order valence-corrected chi connectivity index (χ3v) is 3.06. The van der Waals surface area contributed by atoms with Crippen LogP contribution in [0.3, 0.4) is 0 Å². The lowest BCUT2D eigenvalue weighted by Crippen LogP contribution is -2.42. The maximum atomic E-state index is 13.7. The highest BCUT2D eigenvalue weighted by Crippen LogP contribution is 2.47. The summed E-state index contributed by atoms with van der Waals surface area (Å²) in [6, 6.07) is -0.358. The SMILES string of the molecule is OC1=C(F)C(F)C(O)(c2cc(F)c(F)c(F)c2F)C(F)=C1F. The summed E-state index contributed by atoms with van der Waals surface area (Å²) in [5.41, 5.74) is -6.09. The lowest BCUT2D eigenvalue weighted by Gasteiger charge is -2.32. The minimum atomic E-state index is -4.17. The van der Waals surface area contributed by atoms with Crippen molar-refractivity contribution in [1.29, 1.82) is 0 Å². The third kappa shape index (κ3) is 1.90. The molecule has 22 heavy (non-hydrogen) atoms. The molecule has 0 aliphatic heterocycles. The molecule has 2 atom stereocenters. The summed E-state index contributed by atoms with van der Waals surface area (Å²) in [5.74, 6) is -19.3. The van der Waals surface area contributed by atoms with E-state index in [1.807, 2.05) is 0 Å². The number of halogens is 8. The van der Waals surface area contributed by atoms with E-state index in [2.05, 4.69) is 0 Å². The molecule has 0 amide bonds. The number of benzene rings is 1. The van der Waals surface area contributed by atoms with Crippen molar-refractivity contribution in [3.63, 3.8) is 0 Å². The quantitative estimate of drug-likeness (QED) is 0.468. The van der Waals surface area contributed by atoms with Gasteiger partial charge in [-0.1, -0.05) is 0 Å². The highest BCUT2D eigenvalue weighted by Gasteiger charge is 2.55. The van der Waals surface area contributed by atoms with Crippen molar-refractivity contribution in [1.82, 2.24) is 0 Å². The average molecular weight is 332 g/mol. The number of hydrogen-bond donors (Lipinski definition) is 2. The molecule has 2 N–H and O–H groups in total. The lowest BCUT2D eigenvalue weighted by molar-refractivity contribution is -0.0323. The van der Waals surface area contributed by atoms with Gasteiger partial charge < -0.3 is 10.2 Å². The fourth-order valence-corrected chi connectivity index (χ4v) is 1.90. The largest absolute Gasteiger partial charge is 0.503 e. The van der Waals surface area contributed by atoms with E-state index >= 15 is 0 Å². The van der Waals surface area contributed by atoms with Gasteiger partial charge in [-0.15, -0.1) is 0 Å². The fraction of sp³-hybridized carbons (Fsp3) is 0.167. The molecule has 120 valence electrons. The van der Waals surface area contributed by atoms with Crippen LogP contribution in [0.25, 0.3) is 0 Å². The summed E-state index contributed by atoms with van der Waals surface area (Å²) in [7, 11) is 0. The number of rotatable bonds is 1. The average Bonchev–Trinajstić information content (AvgIpc) is 2.50. The van der Waals surface area contributed by atoms with Crippen LogP contribution in [-0.4, -0.2) is 16.4 Å². The summed E-state index contributed by atoms with van der Waals surface area (Å²) in [5, 5.41) is 18.5. The van der Waals surface area contributed by atoms with E-state index in [4.69, 9.17) is 5.11 Å². The van der Waals surface area contributed by atoms with Crippen LogP contribution < -0.4 is 0 Å². The van der Waals surface area contributed by atoms with Crippen LogP contribution in [0.15, 0.2) is 29.3 Å². The molecule has 0 saturated heterocycles. The Hall–Kier alpha value is -2.10. The van der Waals surface area contributed by atoms with Crippen LogP contribution in [0.1, 0.15) is 5.56 Å². The fourth-order valence-electron chi connectivity index (χ4n) is 1.90. The Balaban J connectivity index is 2.82. The third-order valence-electron chi connectivity index (χ3n) is 3.06. The summed E-state index contributed by atoms with van der Waals surface area (Å²) in [6.07, 6.45) is -3.63. The summed E-state index contributed by atoms with van der Waals surface area (Å²) < 4.78 is 106. The van der Waals surface area contributed by atoms with Gasteiger partial charge in [-0.3, -0.25) is 0 Å². The zero-order chi connectivity index (χ0) is 17.0. The second-order valence-corrected chi connectivity index (χ2v) is 4.30. The smallest absolute Gasteiger partial charge is 0.202 e. The second-order valence-electron chi connectivity index (χ2n) is 4.30. The van der Waals surface area contributed by atoms with Gasteiger partial charge in [-0.2, -0.15) is 4.39 Å². The molecule has 0 saturated carbocycles. The number of alkyl halides is 1. The Morgan fingerprint density at radius 1 is 0.909 bits per heavy atom. The lowest BCUT2D eigenvalue weighted by atomic mass is 9.82. The molecule has 0 bridgehead atoms. The first-order chi connectivity index (χ1) is 10.0. The number of aliphatic hydroxyl groups is 2. The molecule has 1 aliphatic carbocycles. The predicted molar refractivity (Wildman–Crippen MR) is 55.1 cm³/mol. The number of allylic oxidation sites excluding steroid dienone is 1. The van der Waals surface area contributed by atoms with Gasteiger partial charge in [0.15, 0.2) is 52.5 Å². The van der Waals surface area contributed by atoms with Crippen LogP contribution in [0.4, 0.5) is 35.1 Å². The van der Waals surface area contributed by atoms with E-state index in [1.165, 1.54) is 0 Å². The first-order valence-electron chi connectivity index (χ1n) is 5.39. The Kier molecular flexibility index (Phi) is 3.68. The monoisotopic (exact) mass is 332 g/mol. The van der Waals surface area contributed by atoms with E-state index in [0.29, 0.717) is 0 Å². The highest BCUT2D eigenvalue weighted by atomic mass is 19.2. The normalized spacial score (nSPS) is 26.0. The molecule has 10 heteroatoms. The molecular weight excluding hydrogens is 328 g/mol. The molecule has 0 spiro atoms. The van der Waals surface area contributed by atoms with Gasteiger partial charge in [0, 0.05) is 5.56 Å². The van der Waals surface area contributed by atoms with Gasteiger partial charge in [-0.05, 0) is 6.07 Å². The molecule has 0 heterocycles. The van der Waals surface area contributed by atoms with Crippen LogP contribution in [0, 0.1) is 23.3 Å². The molecule has 0 aromatic heterocycles. The van der Waals surface area contributed by atoms with Crippen molar-refractivity contribution in [3.05, 3.63) is 58.1 Å². The molecule has 2 unspecified atom stereocenters. The molecule has 0 radical (unpaired) electrons. The van der Waals surface area contributed by atoms with E-state index in [1.54, 1.807) is 0 Å². The topological polar surface area (TPSA) is 40.5 Å². The van der Waals surface area contributed by atoms with Crippen LogP contribution >= 0.6 is 0 Å². The molecular formula is C12H4F8O2. The van der Waals surface area contributed by atoms with Crippen molar-refractivity contribution in [2.45, 2.75) is 11.8 Å².